The van der Waals surface area contributed by atoms with E-state index in [9.17, 15) is 9.18 Å². The fourth-order valence-electron chi connectivity index (χ4n) is 2.36. The average Bonchev–Trinajstić information content (AvgIpc) is 2.86. The zero-order valence-electron chi connectivity index (χ0n) is 12.1. The maximum atomic E-state index is 13.9. The highest BCUT2D eigenvalue weighted by atomic mass is 32.1. The summed E-state index contributed by atoms with van der Waals surface area (Å²) in [6.45, 7) is 1.77. The number of halogens is 1. The van der Waals surface area contributed by atoms with Gasteiger partial charge >= 0.3 is 0 Å². The van der Waals surface area contributed by atoms with E-state index in [-0.39, 0.29) is 11.7 Å². The van der Waals surface area contributed by atoms with E-state index in [2.05, 4.69) is 5.32 Å². The third-order valence-electron chi connectivity index (χ3n) is 3.44. The second kappa shape index (κ2) is 5.77. The second-order valence-corrected chi connectivity index (χ2v) is 5.91. The monoisotopic (exact) mass is 315 g/mol. The predicted molar refractivity (Wildman–Crippen MR) is 87.5 cm³/mol. The smallest absolute Gasteiger partial charge is 0.266 e. The summed E-state index contributed by atoms with van der Waals surface area (Å²) in [5.74, 6) is 0.120. The third kappa shape index (κ3) is 2.55. The maximum absolute atomic E-state index is 13.9. The van der Waals surface area contributed by atoms with Gasteiger partial charge in [0.05, 0.1) is 12.0 Å². The van der Waals surface area contributed by atoms with Crippen LogP contribution >= 0.6 is 11.3 Å². The van der Waals surface area contributed by atoms with Crippen molar-refractivity contribution in [1.82, 2.24) is 0 Å². The first-order valence-electron chi connectivity index (χ1n) is 6.73. The second-order valence-electron chi connectivity index (χ2n) is 4.86. The lowest BCUT2D eigenvalue weighted by Crippen LogP contribution is -2.11. The molecule has 0 aliphatic heterocycles. The number of carbonyl (C=O) groups is 1. The summed E-state index contributed by atoms with van der Waals surface area (Å²) in [4.78, 5) is 13.0. The molecular formula is C17H14FNO2S. The third-order valence-corrected chi connectivity index (χ3v) is 4.69. The number of benzene rings is 2. The number of hydrogen-bond donors (Lipinski definition) is 1. The van der Waals surface area contributed by atoms with Gasteiger partial charge in [0.25, 0.3) is 5.91 Å². The van der Waals surface area contributed by atoms with Crippen molar-refractivity contribution in [2.75, 3.05) is 12.4 Å². The highest BCUT2D eigenvalue weighted by molar-refractivity contribution is 7.21. The van der Waals surface area contributed by atoms with Gasteiger partial charge in [-0.1, -0.05) is 12.1 Å². The number of methoxy groups -OCH3 is 1. The number of nitrogens with one attached hydrogen (secondary N) is 1. The molecule has 0 fully saturated rings. The molecule has 0 spiro atoms. The van der Waals surface area contributed by atoms with E-state index in [4.69, 9.17) is 4.74 Å². The number of aryl methyl sites for hydroxylation is 1. The number of anilines is 1. The molecule has 0 atom stereocenters. The highest BCUT2D eigenvalue weighted by Crippen LogP contribution is 2.33. The summed E-state index contributed by atoms with van der Waals surface area (Å²) in [5.41, 5.74) is 1.31. The number of fused-ring (bicyclic) bond motifs is 1. The van der Waals surface area contributed by atoms with Gasteiger partial charge in [-0.3, -0.25) is 4.79 Å². The van der Waals surface area contributed by atoms with E-state index in [1.165, 1.54) is 17.4 Å². The standard InChI is InChI=1S/C17H14FNO2S/c1-10-15-13(18)7-4-8-14(15)22-16(10)17(20)19-11-5-3-6-12(9-11)21-2/h3-9H,1-2H3,(H,19,20). The molecule has 1 heterocycles. The molecule has 3 nitrogen and oxygen atoms in total. The lowest BCUT2D eigenvalue weighted by atomic mass is 10.1. The van der Waals surface area contributed by atoms with Crippen molar-refractivity contribution < 1.29 is 13.9 Å². The van der Waals surface area contributed by atoms with Crippen LogP contribution in [0.4, 0.5) is 10.1 Å². The number of ether oxygens (including phenoxy) is 1. The molecule has 3 rings (SSSR count). The highest BCUT2D eigenvalue weighted by Gasteiger charge is 2.17. The summed E-state index contributed by atoms with van der Waals surface area (Å²) in [6.07, 6.45) is 0. The van der Waals surface area contributed by atoms with E-state index >= 15 is 0 Å². The van der Waals surface area contributed by atoms with Crippen LogP contribution in [0.3, 0.4) is 0 Å². The molecule has 1 aromatic heterocycles. The molecule has 0 saturated heterocycles. The minimum absolute atomic E-state index is 0.244. The molecule has 0 aliphatic carbocycles. The van der Waals surface area contributed by atoms with E-state index in [0.29, 0.717) is 27.3 Å². The Balaban J connectivity index is 1.95. The van der Waals surface area contributed by atoms with Gasteiger partial charge in [-0.15, -0.1) is 11.3 Å². The van der Waals surface area contributed by atoms with Crippen LogP contribution in [0.5, 0.6) is 5.75 Å². The SMILES string of the molecule is COc1cccc(NC(=O)c2sc3cccc(F)c3c2C)c1. The molecule has 3 aromatic rings. The van der Waals surface area contributed by atoms with Crippen molar-refractivity contribution in [3.8, 4) is 5.75 Å². The predicted octanol–water partition coefficient (Wildman–Crippen LogP) is 4.61. The number of amides is 1. The van der Waals surface area contributed by atoms with Gasteiger partial charge < -0.3 is 10.1 Å². The molecule has 1 N–H and O–H groups in total. The van der Waals surface area contributed by atoms with Gasteiger partial charge in [0.1, 0.15) is 11.6 Å². The fourth-order valence-corrected chi connectivity index (χ4v) is 3.48. The van der Waals surface area contributed by atoms with Gasteiger partial charge in [0.15, 0.2) is 0 Å². The Bertz CT molecular complexity index is 857. The summed E-state index contributed by atoms with van der Waals surface area (Å²) >= 11 is 1.29. The zero-order valence-corrected chi connectivity index (χ0v) is 13.0. The van der Waals surface area contributed by atoms with Crippen LogP contribution < -0.4 is 10.1 Å². The maximum Gasteiger partial charge on any atom is 0.266 e. The molecule has 112 valence electrons. The Hall–Kier alpha value is -2.40. The van der Waals surface area contributed by atoms with Crippen molar-refractivity contribution in [3.63, 3.8) is 0 Å². The van der Waals surface area contributed by atoms with Crippen LogP contribution in [0.15, 0.2) is 42.5 Å². The Labute approximate surface area is 131 Å². The molecule has 0 unspecified atom stereocenters. The summed E-state index contributed by atoms with van der Waals surface area (Å²) < 4.78 is 19.8. The van der Waals surface area contributed by atoms with Gasteiger partial charge in [-0.05, 0) is 36.8 Å². The van der Waals surface area contributed by atoms with Gasteiger partial charge in [0.2, 0.25) is 0 Å². The van der Waals surface area contributed by atoms with Crippen molar-refractivity contribution in [1.29, 1.82) is 0 Å². The minimum atomic E-state index is -0.299. The largest absolute Gasteiger partial charge is 0.497 e. The Morgan fingerprint density at radius 1 is 1.23 bits per heavy atom. The molecule has 0 radical (unpaired) electrons. The van der Waals surface area contributed by atoms with Gasteiger partial charge in [-0.25, -0.2) is 4.39 Å². The number of rotatable bonds is 3. The van der Waals surface area contributed by atoms with Crippen molar-refractivity contribution >= 4 is 33.0 Å². The number of carbonyl (C=O) groups excluding carboxylic acids is 1. The van der Waals surface area contributed by atoms with E-state index in [1.54, 1.807) is 44.4 Å². The first-order chi connectivity index (χ1) is 10.6. The first kappa shape index (κ1) is 14.5. The van der Waals surface area contributed by atoms with Gasteiger partial charge in [-0.2, -0.15) is 0 Å². The van der Waals surface area contributed by atoms with E-state index < -0.39 is 0 Å². The minimum Gasteiger partial charge on any atom is -0.497 e. The first-order valence-corrected chi connectivity index (χ1v) is 7.55. The van der Waals surface area contributed by atoms with E-state index in [1.807, 2.05) is 6.07 Å². The molecular weight excluding hydrogens is 301 g/mol. The molecule has 5 heteroatoms. The van der Waals surface area contributed by atoms with Crippen molar-refractivity contribution in [2.45, 2.75) is 6.92 Å². The molecule has 0 saturated carbocycles. The topological polar surface area (TPSA) is 38.3 Å². The molecule has 2 aromatic carbocycles. The Morgan fingerprint density at radius 2 is 2.00 bits per heavy atom. The molecule has 0 aliphatic rings. The van der Waals surface area contributed by atoms with Crippen LogP contribution in [-0.4, -0.2) is 13.0 Å². The van der Waals surface area contributed by atoms with Crippen LogP contribution in [0.1, 0.15) is 15.2 Å². The summed E-state index contributed by atoms with van der Waals surface area (Å²) in [6, 6.07) is 12.0. The van der Waals surface area contributed by atoms with Crippen molar-refractivity contribution in [2.24, 2.45) is 0 Å². The van der Waals surface area contributed by atoms with Crippen LogP contribution in [-0.2, 0) is 0 Å². The quantitative estimate of drug-likeness (QED) is 0.766. The zero-order chi connectivity index (χ0) is 15.7. The molecule has 22 heavy (non-hydrogen) atoms. The average molecular weight is 315 g/mol. The normalized spacial score (nSPS) is 10.7. The Morgan fingerprint density at radius 3 is 2.73 bits per heavy atom. The van der Waals surface area contributed by atoms with Crippen molar-refractivity contribution in [3.05, 3.63) is 58.7 Å². The lowest BCUT2D eigenvalue weighted by Gasteiger charge is -2.06. The van der Waals surface area contributed by atoms with Gasteiger partial charge in [0, 0.05) is 21.8 Å². The fraction of sp³-hybridized carbons (Fsp3) is 0.118. The van der Waals surface area contributed by atoms with Crippen LogP contribution in [0.25, 0.3) is 10.1 Å². The number of hydrogen-bond acceptors (Lipinski definition) is 3. The molecule has 0 bridgehead atoms. The van der Waals surface area contributed by atoms with Crippen LogP contribution in [0, 0.1) is 12.7 Å². The van der Waals surface area contributed by atoms with Crippen LogP contribution in [0.2, 0.25) is 0 Å². The summed E-state index contributed by atoms with van der Waals surface area (Å²) in [7, 11) is 1.57. The van der Waals surface area contributed by atoms with E-state index in [0.717, 1.165) is 4.70 Å². The summed E-state index contributed by atoms with van der Waals surface area (Å²) in [5, 5.41) is 3.34. The number of thiophene rings is 1. The molecule has 1 amide bonds. The Kier molecular flexibility index (Phi) is 3.81. The lowest BCUT2D eigenvalue weighted by molar-refractivity contribution is 0.103.